The third-order valence-corrected chi connectivity index (χ3v) is 4.59. The molecular formula is C6H13ClOSi. The fraction of sp³-hybridized carbons (Fsp3) is 1.00. The lowest BCUT2D eigenvalue weighted by atomic mass is 10.3. The van der Waals surface area contributed by atoms with Crippen LogP contribution in [0.5, 0.6) is 0 Å². The molecule has 0 saturated carbocycles. The van der Waals surface area contributed by atoms with Gasteiger partial charge in [0.2, 0.25) is 0 Å². The molecule has 0 radical (unpaired) electrons. The molecule has 1 rings (SSSR count). The van der Waals surface area contributed by atoms with E-state index in [0.29, 0.717) is 0 Å². The molecule has 1 atom stereocenters. The molecule has 1 fully saturated rings. The molecule has 0 N–H and O–H groups in total. The van der Waals surface area contributed by atoms with Crippen LogP contribution in [0, 0.1) is 0 Å². The molecular weight excluding hydrogens is 152 g/mol. The van der Waals surface area contributed by atoms with E-state index < -0.39 is 8.32 Å². The summed E-state index contributed by atoms with van der Waals surface area (Å²) in [5.41, 5.74) is 0.0143. The Morgan fingerprint density at radius 2 is 2.22 bits per heavy atom. The first-order valence-electron chi connectivity index (χ1n) is 3.42. The van der Waals surface area contributed by atoms with Gasteiger partial charge in [0.25, 0.3) is 0 Å². The molecule has 1 saturated heterocycles. The molecule has 0 aliphatic carbocycles. The molecule has 54 valence electrons. The van der Waals surface area contributed by atoms with Gasteiger partial charge in [-0.3, -0.25) is 0 Å². The Morgan fingerprint density at radius 1 is 1.56 bits per heavy atom. The van der Waals surface area contributed by atoms with Gasteiger partial charge in [-0.05, 0) is 32.0 Å². The molecule has 1 aliphatic rings. The molecule has 1 heterocycles. The summed E-state index contributed by atoms with van der Waals surface area (Å²) >= 11 is 5.81. The van der Waals surface area contributed by atoms with Crippen molar-refractivity contribution in [2.75, 3.05) is 0 Å². The van der Waals surface area contributed by atoms with Crippen LogP contribution >= 0.6 is 11.6 Å². The molecule has 1 aliphatic heterocycles. The molecule has 0 aromatic heterocycles. The van der Waals surface area contributed by atoms with Crippen molar-refractivity contribution in [2.24, 2.45) is 0 Å². The fourth-order valence-electron chi connectivity index (χ4n) is 1.15. The highest BCUT2D eigenvalue weighted by atomic mass is 35.5. The van der Waals surface area contributed by atoms with E-state index in [1.807, 2.05) is 0 Å². The van der Waals surface area contributed by atoms with E-state index in [1.54, 1.807) is 0 Å². The summed E-state index contributed by atoms with van der Waals surface area (Å²) in [5, 5.41) is 0. The first-order chi connectivity index (χ1) is 4.10. The van der Waals surface area contributed by atoms with Crippen LogP contribution in [-0.2, 0) is 4.43 Å². The predicted octanol–water partition coefficient (Wildman–Crippen LogP) is 2.57. The van der Waals surface area contributed by atoms with Gasteiger partial charge in [0, 0.05) is 0 Å². The van der Waals surface area contributed by atoms with E-state index in [1.165, 1.54) is 12.5 Å². The lowest BCUT2D eigenvalue weighted by Crippen LogP contribution is -2.37. The van der Waals surface area contributed by atoms with Crippen LogP contribution in [0.25, 0.3) is 0 Å². The Labute approximate surface area is 62.5 Å². The van der Waals surface area contributed by atoms with Crippen molar-refractivity contribution in [2.45, 2.75) is 37.5 Å². The third kappa shape index (κ3) is 2.28. The van der Waals surface area contributed by atoms with Crippen LogP contribution in [-0.4, -0.2) is 13.9 Å². The van der Waals surface area contributed by atoms with Crippen LogP contribution in [0.15, 0.2) is 0 Å². The number of hydrogen-bond acceptors (Lipinski definition) is 1. The Hall–Kier alpha value is 0.467. The van der Waals surface area contributed by atoms with Crippen LogP contribution in [0.2, 0.25) is 19.1 Å². The average molecular weight is 165 g/mol. The van der Waals surface area contributed by atoms with Crippen molar-refractivity contribution < 1.29 is 4.43 Å². The first kappa shape index (κ1) is 7.57. The normalized spacial score (nSPS) is 34.3. The summed E-state index contributed by atoms with van der Waals surface area (Å²) in [4.78, 5) is 0. The zero-order chi connectivity index (χ0) is 6.91. The van der Waals surface area contributed by atoms with Crippen molar-refractivity contribution in [1.82, 2.24) is 0 Å². The monoisotopic (exact) mass is 164 g/mol. The highest BCUT2D eigenvalue weighted by Gasteiger charge is 2.29. The van der Waals surface area contributed by atoms with Crippen molar-refractivity contribution in [3.63, 3.8) is 0 Å². The Bertz CT molecular complexity index is 105. The van der Waals surface area contributed by atoms with E-state index in [2.05, 4.69) is 13.1 Å². The summed E-state index contributed by atoms with van der Waals surface area (Å²) in [5.74, 6) is 0. The minimum Gasteiger partial charge on any atom is -0.401 e. The van der Waals surface area contributed by atoms with E-state index in [4.69, 9.17) is 16.0 Å². The van der Waals surface area contributed by atoms with Gasteiger partial charge < -0.3 is 4.43 Å². The lowest BCUT2D eigenvalue weighted by Gasteiger charge is -2.30. The first-order valence-corrected chi connectivity index (χ1v) is 6.97. The van der Waals surface area contributed by atoms with Gasteiger partial charge in [-0.15, -0.1) is 0 Å². The topological polar surface area (TPSA) is 9.23 Å². The summed E-state index contributed by atoms with van der Waals surface area (Å²) in [6.07, 6.45) is 2.30. The van der Waals surface area contributed by atoms with Crippen molar-refractivity contribution in [3.05, 3.63) is 0 Å². The smallest absolute Gasteiger partial charge is 0.188 e. The number of hydrogen-bond donors (Lipinski definition) is 0. The summed E-state index contributed by atoms with van der Waals surface area (Å²) in [6.45, 7) is 4.45. The highest BCUT2D eigenvalue weighted by Crippen LogP contribution is 2.27. The second-order valence-electron chi connectivity index (χ2n) is 3.18. The van der Waals surface area contributed by atoms with Crippen LogP contribution < -0.4 is 0 Å². The van der Waals surface area contributed by atoms with Gasteiger partial charge in [0.05, 0.1) is 0 Å². The molecule has 9 heavy (non-hydrogen) atoms. The van der Waals surface area contributed by atoms with Crippen molar-refractivity contribution in [1.29, 1.82) is 0 Å². The van der Waals surface area contributed by atoms with E-state index in [0.717, 1.165) is 6.42 Å². The maximum absolute atomic E-state index is 5.81. The summed E-state index contributed by atoms with van der Waals surface area (Å²) in [6, 6.07) is 1.27. The predicted molar refractivity (Wildman–Crippen MR) is 42.2 cm³/mol. The van der Waals surface area contributed by atoms with Crippen LogP contribution in [0.1, 0.15) is 12.8 Å². The van der Waals surface area contributed by atoms with Gasteiger partial charge in [0.1, 0.15) is 5.56 Å². The molecule has 0 spiro atoms. The van der Waals surface area contributed by atoms with Gasteiger partial charge in [0.15, 0.2) is 8.32 Å². The summed E-state index contributed by atoms with van der Waals surface area (Å²) < 4.78 is 5.58. The average Bonchev–Trinajstić information content (AvgIpc) is 1.60. The molecule has 1 unspecified atom stereocenters. The molecule has 0 aromatic carbocycles. The van der Waals surface area contributed by atoms with Gasteiger partial charge >= 0.3 is 0 Å². The molecule has 0 bridgehead atoms. The maximum Gasteiger partial charge on any atom is 0.188 e. The van der Waals surface area contributed by atoms with Crippen molar-refractivity contribution >= 4 is 19.9 Å². The molecule has 1 nitrogen and oxygen atoms in total. The van der Waals surface area contributed by atoms with E-state index in [-0.39, 0.29) is 5.56 Å². The number of halogens is 1. The van der Waals surface area contributed by atoms with E-state index >= 15 is 0 Å². The van der Waals surface area contributed by atoms with Gasteiger partial charge in [-0.25, -0.2) is 0 Å². The second kappa shape index (κ2) is 2.60. The Kier molecular flexibility index (Phi) is 2.19. The summed E-state index contributed by atoms with van der Waals surface area (Å²) in [7, 11) is -1.29. The largest absolute Gasteiger partial charge is 0.401 e. The van der Waals surface area contributed by atoms with E-state index in [9.17, 15) is 0 Å². The number of alkyl halides is 1. The minimum atomic E-state index is -1.29. The third-order valence-electron chi connectivity index (χ3n) is 1.66. The second-order valence-corrected chi connectivity index (χ2v) is 7.92. The maximum atomic E-state index is 5.81. The van der Waals surface area contributed by atoms with Crippen LogP contribution in [0.3, 0.4) is 0 Å². The standard InChI is InChI=1S/C6H13ClOSi/c1-9(2)5-3-4-6(7)8-9/h6H,3-5H2,1-2H3. The van der Waals surface area contributed by atoms with Crippen LogP contribution in [0.4, 0.5) is 0 Å². The lowest BCUT2D eigenvalue weighted by molar-refractivity contribution is 0.236. The molecule has 0 amide bonds. The zero-order valence-electron chi connectivity index (χ0n) is 5.98. The fourth-order valence-corrected chi connectivity index (χ4v) is 4.01. The van der Waals surface area contributed by atoms with Gasteiger partial charge in [-0.1, -0.05) is 11.6 Å². The quantitative estimate of drug-likeness (QED) is 0.395. The Morgan fingerprint density at radius 3 is 2.56 bits per heavy atom. The highest BCUT2D eigenvalue weighted by molar-refractivity contribution is 6.71. The molecule has 0 aromatic rings. The molecule has 3 heteroatoms. The van der Waals surface area contributed by atoms with Gasteiger partial charge in [-0.2, -0.15) is 0 Å². The number of rotatable bonds is 0. The zero-order valence-corrected chi connectivity index (χ0v) is 7.74. The Balaban J connectivity index is 2.41. The minimum absolute atomic E-state index is 0.0143. The SMILES string of the molecule is C[Si]1(C)CCCC(Cl)O1. The van der Waals surface area contributed by atoms with Crippen molar-refractivity contribution in [3.8, 4) is 0 Å².